The lowest BCUT2D eigenvalue weighted by atomic mass is 9.93. The number of halogens is 1. The highest BCUT2D eigenvalue weighted by Crippen LogP contribution is 2.33. The second kappa shape index (κ2) is 15.4. The molecule has 0 aliphatic carbocycles. The average molecular weight is 768 g/mol. The van der Waals surface area contributed by atoms with E-state index in [1.165, 1.54) is 0 Å². The van der Waals surface area contributed by atoms with Gasteiger partial charge in [0.1, 0.15) is 12.1 Å². The van der Waals surface area contributed by atoms with E-state index < -0.39 is 23.8 Å². The van der Waals surface area contributed by atoms with Gasteiger partial charge in [-0.1, -0.05) is 41.6 Å². The van der Waals surface area contributed by atoms with Crippen molar-refractivity contribution in [1.82, 2.24) is 24.9 Å². The van der Waals surface area contributed by atoms with Crippen LogP contribution in [0, 0.1) is 42.9 Å². The smallest absolute Gasteiger partial charge is 0.262 e. The van der Waals surface area contributed by atoms with Gasteiger partial charge < -0.3 is 9.80 Å². The van der Waals surface area contributed by atoms with E-state index in [0.29, 0.717) is 40.2 Å². The third-order valence-electron chi connectivity index (χ3n) is 11.9. The van der Waals surface area contributed by atoms with Crippen molar-refractivity contribution >= 4 is 40.9 Å². The number of nitrogens with one attached hydrogen (secondary N) is 1. The molecule has 1 atom stereocenters. The van der Waals surface area contributed by atoms with Crippen LogP contribution in [0.3, 0.4) is 0 Å². The third-order valence-corrected chi connectivity index (χ3v) is 12.2. The van der Waals surface area contributed by atoms with E-state index in [1.807, 2.05) is 16.8 Å². The van der Waals surface area contributed by atoms with Crippen molar-refractivity contribution in [2.75, 3.05) is 31.1 Å². The summed E-state index contributed by atoms with van der Waals surface area (Å²) in [5, 5.41) is 16.8. The van der Waals surface area contributed by atoms with Crippen molar-refractivity contribution < 1.29 is 19.2 Å². The number of benzene rings is 3. The van der Waals surface area contributed by atoms with Crippen molar-refractivity contribution in [3.05, 3.63) is 105 Å². The molecule has 1 unspecified atom stereocenters. The van der Waals surface area contributed by atoms with Gasteiger partial charge in [0.15, 0.2) is 0 Å². The van der Waals surface area contributed by atoms with Crippen molar-refractivity contribution in [1.29, 1.82) is 5.26 Å². The van der Waals surface area contributed by atoms with Crippen molar-refractivity contribution in [3.63, 3.8) is 0 Å². The number of amides is 4. The normalized spacial score (nSPS) is 19.4. The molecule has 5 heterocycles. The molecule has 4 aromatic rings. The largest absolute Gasteiger partial charge is 0.371 e. The Morgan fingerprint density at radius 2 is 1.59 bits per heavy atom. The molecule has 1 aromatic heterocycles. The SMILES string of the molecule is Cc1c(-c2ccc(C#N)c(Cl)c2)nn(Cc2ccc(C#CC3CCN(C4CCN(c5ccc6c(c5)C(=O)N(C5CCC(=O)NC5=O)C6=O)CC4)CC3)cc2)c1C. The first-order valence-corrected chi connectivity index (χ1v) is 19.6. The summed E-state index contributed by atoms with van der Waals surface area (Å²) in [6.45, 7) is 8.51. The maximum absolute atomic E-state index is 13.3. The van der Waals surface area contributed by atoms with Crippen LogP contribution in [-0.4, -0.2) is 81.5 Å². The Bertz CT molecular complexity index is 2350. The van der Waals surface area contributed by atoms with E-state index in [9.17, 15) is 24.4 Å². The van der Waals surface area contributed by atoms with Gasteiger partial charge in [-0.15, -0.1) is 0 Å². The number of likely N-dealkylation sites (tertiary alicyclic amines) is 1. The summed E-state index contributed by atoms with van der Waals surface area (Å²) in [5.74, 6) is 5.38. The fraction of sp³-hybridized carbons (Fsp3) is 0.364. The molecule has 1 N–H and O–H groups in total. The van der Waals surface area contributed by atoms with Gasteiger partial charge in [0.05, 0.1) is 34.0 Å². The van der Waals surface area contributed by atoms with Gasteiger partial charge in [-0.25, -0.2) is 0 Å². The standard InChI is InChI=1S/C44H42ClN7O4/c1-27-28(2)51(48-41(27)32-9-10-33(25-46)38(45)23-32)26-31-7-5-29(6-8-31)3-4-30-15-19-49(20-16-30)34-17-21-50(22-18-34)35-11-12-36-37(24-35)44(56)52(43(36)55)39-13-14-40(53)47-42(39)54/h5-12,23-24,30,34,39H,13-22,26H2,1-2H3,(H,47,53,54). The number of hydrogen-bond donors (Lipinski definition) is 1. The number of hydrogen-bond acceptors (Lipinski definition) is 8. The molecule has 4 aliphatic heterocycles. The Hall–Kier alpha value is -5.75. The van der Waals surface area contributed by atoms with Gasteiger partial charge in [0.25, 0.3) is 11.8 Å². The first-order chi connectivity index (χ1) is 27.1. The number of piperidine rings is 3. The first-order valence-electron chi connectivity index (χ1n) is 19.3. The van der Waals surface area contributed by atoms with E-state index in [-0.39, 0.29) is 18.7 Å². The van der Waals surface area contributed by atoms with Crippen molar-refractivity contribution in [2.24, 2.45) is 5.92 Å². The molecule has 11 nitrogen and oxygen atoms in total. The Labute approximate surface area is 331 Å². The zero-order valence-electron chi connectivity index (χ0n) is 31.5. The molecule has 3 saturated heterocycles. The predicted molar refractivity (Wildman–Crippen MR) is 212 cm³/mol. The molecule has 4 aliphatic rings. The van der Waals surface area contributed by atoms with Crippen LogP contribution in [0.4, 0.5) is 5.69 Å². The van der Waals surface area contributed by atoms with Crippen molar-refractivity contribution in [2.45, 2.75) is 71.0 Å². The summed E-state index contributed by atoms with van der Waals surface area (Å²) in [4.78, 5) is 56.4. The minimum Gasteiger partial charge on any atom is -0.371 e. The maximum Gasteiger partial charge on any atom is 0.262 e. The lowest BCUT2D eigenvalue weighted by molar-refractivity contribution is -0.136. The highest BCUT2D eigenvalue weighted by molar-refractivity contribution is 6.32. The quantitative estimate of drug-likeness (QED) is 0.190. The van der Waals surface area contributed by atoms with Crippen LogP contribution in [-0.2, 0) is 16.1 Å². The second-order valence-corrected chi connectivity index (χ2v) is 15.6. The van der Waals surface area contributed by atoms with E-state index in [4.69, 9.17) is 16.7 Å². The molecular weight excluding hydrogens is 726 g/mol. The number of carbonyl (C=O) groups excluding carboxylic acids is 4. The molecule has 12 heteroatoms. The van der Waals surface area contributed by atoms with Gasteiger partial charge in [-0.05, 0) is 113 Å². The predicted octanol–water partition coefficient (Wildman–Crippen LogP) is 5.87. The van der Waals surface area contributed by atoms with E-state index in [2.05, 4.69) is 71.1 Å². The summed E-state index contributed by atoms with van der Waals surface area (Å²) in [7, 11) is 0. The second-order valence-electron chi connectivity index (χ2n) is 15.2. The summed E-state index contributed by atoms with van der Waals surface area (Å²) in [5.41, 5.74) is 8.05. The number of imide groups is 2. The summed E-state index contributed by atoms with van der Waals surface area (Å²) in [6, 6.07) is 20.8. The number of anilines is 1. The summed E-state index contributed by atoms with van der Waals surface area (Å²) >= 11 is 6.30. The minimum atomic E-state index is -0.964. The topological polar surface area (TPSA) is 132 Å². The maximum atomic E-state index is 13.3. The Balaban J connectivity index is 0.816. The molecule has 8 rings (SSSR count). The fourth-order valence-electron chi connectivity index (χ4n) is 8.42. The van der Waals surface area contributed by atoms with Gasteiger partial charge in [0.2, 0.25) is 11.8 Å². The number of rotatable bonds is 6. The van der Waals surface area contributed by atoms with E-state index in [1.54, 1.807) is 24.3 Å². The third kappa shape index (κ3) is 7.21. The Kier molecular flexibility index (Phi) is 10.2. The van der Waals surface area contributed by atoms with Crippen LogP contribution in [0.25, 0.3) is 11.3 Å². The lowest BCUT2D eigenvalue weighted by Crippen LogP contribution is -2.54. The monoisotopic (exact) mass is 767 g/mol. The highest BCUT2D eigenvalue weighted by Gasteiger charge is 2.45. The summed E-state index contributed by atoms with van der Waals surface area (Å²) < 4.78 is 2.01. The average Bonchev–Trinajstić information content (AvgIpc) is 3.63. The van der Waals surface area contributed by atoms with E-state index in [0.717, 1.165) is 96.1 Å². The number of nitrogens with zero attached hydrogens (tertiary/aromatic N) is 6. The number of nitriles is 1. The van der Waals surface area contributed by atoms with Crippen LogP contribution < -0.4 is 10.2 Å². The molecule has 0 saturated carbocycles. The molecular formula is C44H42ClN7O4. The molecule has 0 bridgehead atoms. The van der Waals surface area contributed by atoms with Crippen LogP contribution in [0.1, 0.15) is 87.2 Å². The first kappa shape index (κ1) is 37.2. The molecule has 56 heavy (non-hydrogen) atoms. The molecule has 0 spiro atoms. The number of aromatic nitrogens is 2. The fourth-order valence-corrected chi connectivity index (χ4v) is 8.65. The molecule has 0 radical (unpaired) electrons. The van der Waals surface area contributed by atoms with Gasteiger partial charge >= 0.3 is 0 Å². The Morgan fingerprint density at radius 3 is 2.29 bits per heavy atom. The zero-order chi connectivity index (χ0) is 39.1. The number of fused-ring (bicyclic) bond motifs is 1. The lowest BCUT2D eigenvalue weighted by Gasteiger charge is -2.42. The molecule has 4 amide bonds. The highest BCUT2D eigenvalue weighted by atomic mass is 35.5. The van der Waals surface area contributed by atoms with Crippen LogP contribution >= 0.6 is 11.6 Å². The zero-order valence-corrected chi connectivity index (χ0v) is 32.2. The van der Waals surface area contributed by atoms with Crippen LogP contribution in [0.15, 0.2) is 60.7 Å². The van der Waals surface area contributed by atoms with Crippen molar-refractivity contribution in [3.8, 4) is 29.2 Å². The number of carbonyl (C=O) groups is 4. The minimum absolute atomic E-state index is 0.0983. The van der Waals surface area contributed by atoms with Gasteiger partial charge in [0, 0.05) is 54.0 Å². The molecule has 3 fully saturated rings. The van der Waals surface area contributed by atoms with Gasteiger partial charge in [-0.3, -0.25) is 34.1 Å². The van der Waals surface area contributed by atoms with E-state index >= 15 is 0 Å². The van der Waals surface area contributed by atoms with Gasteiger partial charge in [-0.2, -0.15) is 10.4 Å². The molecule has 3 aromatic carbocycles. The summed E-state index contributed by atoms with van der Waals surface area (Å²) in [6.07, 6.45) is 4.35. The van der Waals surface area contributed by atoms with Crippen LogP contribution in [0.5, 0.6) is 0 Å². The Morgan fingerprint density at radius 1 is 0.857 bits per heavy atom. The molecule has 284 valence electrons. The van der Waals surface area contributed by atoms with Crippen LogP contribution in [0.2, 0.25) is 5.02 Å².